The maximum absolute atomic E-state index is 13.2. The van der Waals surface area contributed by atoms with Crippen LogP contribution < -0.4 is 16.3 Å². The summed E-state index contributed by atoms with van der Waals surface area (Å²) in [4.78, 5) is 19.5. The van der Waals surface area contributed by atoms with Crippen molar-refractivity contribution in [1.82, 2.24) is 15.0 Å². The first kappa shape index (κ1) is 19.1. The topological polar surface area (TPSA) is 59.0 Å². The summed E-state index contributed by atoms with van der Waals surface area (Å²) in [6.07, 6.45) is 6.33. The number of nitrogens with zero attached hydrogens (tertiary/aromatic N) is 2. The standard InChI is InChI=1S/C21H24N4OS2/c1-13-8-6-7-11-16(13)23-21(27)24-25-12-22-19-18(20(25)26)17(14(2)28-19)15-9-4-3-5-10-15/h3-5,9-10,12-13,16H,6-8,11H2,1-2H3,(H2,23,24,27)/t13-,16+/m0/s1. The number of benzene rings is 1. The van der Waals surface area contributed by atoms with Crippen molar-refractivity contribution in [3.8, 4) is 11.1 Å². The van der Waals surface area contributed by atoms with Gasteiger partial charge in [0.1, 0.15) is 11.2 Å². The van der Waals surface area contributed by atoms with Gasteiger partial charge in [-0.05, 0) is 43.5 Å². The van der Waals surface area contributed by atoms with E-state index >= 15 is 0 Å². The molecule has 0 radical (unpaired) electrons. The van der Waals surface area contributed by atoms with Crippen molar-refractivity contribution in [2.75, 3.05) is 5.43 Å². The Hall–Kier alpha value is -2.25. The zero-order chi connectivity index (χ0) is 19.7. The van der Waals surface area contributed by atoms with E-state index in [1.54, 1.807) is 11.3 Å². The van der Waals surface area contributed by atoms with Gasteiger partial charge in [-0.1, -0.05) is 50.1 Å². The Labute approximate surface area is 173 Å². The Balaban J connectivity index is 1.64. The SMILES string of the molecule is Cc1sc2ncn(NC(=S)N[C@@H]3CCCC[C@@H]3C)c(=O)c2c1-c1ccccc1. The molecule has 4 rings (SSSR count). The number of hydrogen-bond acceptors (Lipinski definition) is 4. The second kappa shape index (κ2) is 8.01. The zero-order valence-corrected chi connectivity index (χ0v) is 17.7. The smallest absolute Gasteiger partial charge is 0.281 e. The van der Waals surface area contributed by atoms with Crippen molar-refractivity contribution in [3.05, 3.63) is 51.9 Å². The molecule has 1 aliphatic rings. The molecule has 0 saturated heterocycles. The summed E-state index contributed by atoms with van der Waals surface area (Å²) >= 11 is 7.02. The average Bonchev–Trinajstić information content (AvgIpc) is 3.03. The largest absolute Gasteiger partial charge is 0.358 e. The van der Waals surface area contributed by atoms with E-state index in [9.17, 15) is 4.79 Å². The Kier molecular flexibility index (Phi) is 5.46. The van der Waals surface area contributed by atoms with E-state index in [1.165, 1.54) is 30.3 Å². The van der Waals surface area contributed by atoms with E-state index in [0.29, 0.717) is 22.5 Å². The molecule has 0 amide bonds. The van der Waals surface area contributed by atoms with Crippen LogP contribution in [0.15, 0.2) is 41.5 Å². The molecule has 1 aliphatic carbocycles. The van der Waals surface area contributed by atoms with Crippen LogP contribution in [-0.4, -0.2) is 20.8 Å². The zero-order valence-electron chi connectivity index (χ0n) is 16.1. The minimum absolute atomic E-state index is 0.131. The lowest BCUT2D eigenvalue weighted by Crippen LogP contribution is -2.46. The molecule has 0 aliphatic heterocycles. The lowest BCUT2D eigenvalue weighted by atomic mass is 9.86. The van der Waals surface area contributed by atoms with Gasteiger partial charge in [0.25, 0.3) is 5.56 Å². The van der Waals surface area contributed by atoms with Crippen LogP contribution in [0.4, 0.5) is 0 Å². The number of fused-ring (bicyclic) bond motifs is 1. The van der Waals surface area contributed by atoms with Crippen LogP contribution in [0.2, 0.25) is 0 Å². The highest BCUT2D eigenvalue weighted by Crippen LogP contribution is 2.35. The molecule has 28 heavy (non-hydrogen) atoms. The van der Waals surface area contributed by atoms with Crippen LogP contribution in [0, 0.1) is 12.8 Å². The number of nitrogens with one attached hydrogen (secondary N) is 2. The monoisotopic (exact) mass is 412 g/mol. The molecule has 2 aromatic heterocycles. The third kappa shape index (κ3) is 3.69. The van der Waals surface area contributed by atoms with Gasteiger partial charge < -0.3 is 5.32 Å². The fourth-order valence-electron chi connectivity index (χ4n) is 3.98. The minimum atomic E-state index is -0.131. The summed E-state index contributed by atoms with van der Waals surface area (Å²) in [6, 6.07) is 10.3. The number of thiophene rings is 1. The van der Waals surface area contributed by atoms with Crippen molar-refractivity contribution in [3.63, 3.8) is 0 Å². The number of aryl methyl sites for hydroxylation is 1. The van der Waals surface area contributed by atoms with E-state index in [2.05, 4.69) is 22.7 Å². The van der Waals surface area contributed by atoms with Crippen molar-refractivity contribution in [1.29, 1.82) is 0 Å². The Bertz CT molecular complexity index is 1060. The van der Waals surface area contributed by atoms with E-state index in [4.69, 9.17) is 12.2 Å². The van der Waals surface area contributed by atoms with Gasteiger partial charge >= 0.3 is 0 Å². The first-order chi connectivity index (χ1) is 13.5. The highest BCUT2D eigenvalue weighted by atomic mass is 32.1. The van der Waals surface area contributed by atoms with Crippen LogP contribution in [0.3, 0.4) is 0 Å². The van der Waals surface area contributed by atoms with E-state index in [0.717, 1.165) is 27.3 Å². The third-order valence-corrected chi connectivity index (χ3v) is 6.72. The van der Waals surface area contributed by atoms with Crippen molar-refractivity contribution >= 4 is 38.9 Å². The minimum Gasteiger partial charge on any atom is -0.358 e. The van der Waals surface area contributed by atoms with Gasteiger partial charge in [-0.15, -0.1) is 11.3 Å². The van der Waals surface area contributed by atoms with Crippen LogP contribution >= 0.6 is 23.6 Å². The molecule has 0 bridgehead atoms. The summed E-state index contributed by atoms with van der Waals surface area (Å²) in [5, 5.41) is 4.48. The predicted octanol–water partition coefficient (Wildman–Crippen LogP) is 4.43. The molecular weight excluding hydrogens is 388 g/mol. The number of hydrogen-bond donors (Lipinski definition) is 2. The van der Waals surface area contributed by atoms with Crippen LogP contribution in [-0.2, 0) is 0 Å². The molecule has 2 atom stereocenters. The van der Waals surface area contributed by atoms with Crippen LogP contribution in [0.5, 0.6) is 0 Å². The molecule has 0 spiro atoms. The molecule has 0 unspecified atom stereocenters. The van der Waals surface area contributed by atoms with Gasteiger partial charge in [0, 0.05) is 16.5 Å². The van der Waals surface area contributed by atoms with E-state index < -0.39 is 0 Å². The molecule has 2 heterocycles. The number of thiocarbonyl (C=S) groups is 1. The van der Waals surface area contributed by atoms with E-state index in [1.807, 2.05) is 37.3 Å². The molecule has 1 fully saturated rings. The van der Waals surface area contributed by atoms with Crippen LogP contribution in [0.25, 0.3) is 21.3 Å². The Morgan fingerprint density at radius 2 is 2.00 bits per heavy atom. The summed E-state index contributed by atoms with van der Waals surface area (Å²) < 4.78 is 1.39. The fourth-order valence-corrected chi connectivity index (χ4v) is 5.23. The second-order valence-electron chi connectivity index (χ2n) is 7.45. The van der Waals surface area contributed by atoms with Gasteiger partial charge in [-0.2, -0.15) is 0 Å². The van der Waals surface area contributed by atoms with Gasteiger partial charge in [0.15, 0.2) is 5.11 Å². The first-order valence-corrected chi connectivity index (χ1v) is 10.9. The molecular formula is C21H24N4OS2. The fraction of sp³-hybridized carbons (Fsp3) is 0.381. The number of rotatable bonds is 3. The molecule has 3 aromatic rings. The molecule has 7 heteroatoms. The summed E-state index contributed by atoms with van der Waals surface area (Å²) in [5.74, 6) is 0.579. The third-order valence-electron chi connectivity index (χ3n) is 5.50. The van der Waals surface area contributed by atoms with Gasteiger partial charge in [0.05, 0.1) is 5.39 Å². The van der Waals surface area contributed by atoms with Gasteiger partial charge in [-0.25, -0.2) is 9.66 Å². The molecule has 1 aromatic carbocycles. The molecule has 2 N–H and O–H groups in total. The summed E-state index contributed by atoms with van der Waals surface area (Å²) in [6.45, 7) is 4.28. The summed E-state index contributed by atoms with van der Waals surface area (Å²) in [7, 11) is 0. The van der Waals surface area contributed by atoms with Crippen molar-refractivity contribution in [2.24, 2.45) is 5.92 Å². The van der Waals surface area contributed by atoms with Crippen molar-refractivity contribution in [2.45, 2.75) is 45.6 Å². The highest BCUT2D eigenvalue weighted by Gasteiger charge is 2.22. The summed E-state index contributed by atoms with van der Waals surface area (Å²) in [5.41, 5.74) is 4.87. The lowest BCUT2D eigenvalue weighted by Gasteiger charge is -2.30. The normalized spacial score (nSPS) is 19.5. The highest BCUT2D eigenvalue weighted by molar-refractivity contribution is 7.80. The maximum atomic E-state index is 13.2. The van der Waals surface area contributed by atoms with E-state index in [-0.39, 0.29) is 5.56 Å². The van der Waals surface area contributed by atoms with Gasteiger partial charge in [-0.3, -0.25) is 10.2 Å². The number of aromatic nitrogens is 2. The van der Waals surface area contributed by atoms with Crippen molar-refractivity contribution < 1.29 is 0 Å². The Morgan fingerprint density at radius 3 is 2.75 bits per heavy atom. The molecule has 1 saturated carbocycles. The Morgan fingerprint density at radius 1 is 1.25 bits per heavy atom. The second-order valence-corrected chi connectivity index (χ2v) is 9.06. The predicted molar refractivity (Wildman–Crippen MR) is 121 cm³/mol. The first-order valence-electron chi connectivity index (χ1n) is 9.68. The maximum Gasteiger partial charge on any atom is 0.281 e. The lowest BCUT2D eigenvalue weighted by molar-refractivity contribution is 0.309. The van der Waals surface area contributed by atoms with Crippen LogP contribution in [0.1, 0.15) is 37.5 Å². The molecule has 5 nitrogen and oxygen atoms in total. The molecule has 146 valence electrons. The average molecular weight is 413 g/mol. The van der Waals surface area contributed by atoms with Gasteiger partial charge in [0.2, 0.25) is 0 Å². The quantitative estimate of drug-likeness (QED) is 0.623.